The predicted octanol–water partition coefficient (Wildman–Crippen LogP) is 4.88. The van der Waals surface area contributed by atoms with Crippen molar-refractivity contribution >= 4 is 46.6 Å². The van der Waals surface area contributed by atoms with Gasteiger partial charge in [0.15, 0.2) is 0 Å². The van der Waals surface area contributed by atoms with Gasteiger partial charge in [-0.3, -0.25) is 0 Å². The van der Waals surface area contributed by atoms with Gasteiger partial charge in [-0.05, 0) is 37.5 Å². The van der Waals surface area contributed by atoms with E-state index < -0.39 is 0 Å². The molecular formula is C12H16Cl3NS. The van der Waals surface area contributed by atoms with Gasteiger partial charge in [-0.1, -0.05) is 34.8 Å². The Morgan fingerprint density at radius 1 is 1.24 bits per heavy atom. The van der Waals surface area contributed by atoms with Crippen LogP contribution < -0.4 is 5.32 Å². The molecule has 0 amide bonds. The molecular weight excluding hydrogens is 297 g/mol. The van der Waals surface area contributed by atoms with E-state index >= 15 is 0 Å². The normalized spacial score (nSPS) is 12.8. The van der Waals surface area contributed by atoms with Gasteiger partial charge in [0.05, 0.1) is 10.0 Å². The van der Waals surface area contributed by atoms with Gasteiger partial charge in [0.1, 0.15) is 0 Å². The second-order valence-electron chi connectivity index (χ2n) is 3.89. The molecule has 1 N–H and O–H groups in total. The molecule has 1 unspecified atom stereocenters. The number of benzene rings is 1. The lowest BCUT2D eigenvalue weighted by Gasteiger charge is -2.15. The zero-order valence-corrected chi connectivity index (χ0v) is 13.0. The van der Waals surface area contributed by atoms with Gasteiger partial charge >= 0.3 is 0 Å². The highest BCUT2D eigenvalue weighted by Gasteiger charge is 2.10. The zero-order chi connectivity index (χ0) is 12.8. The first-order valence-corrected chi connectivity index (χ1v) is 7.93. The van der Waals surface area contributed by atoms with Crippen molar-refractivity contribution in [2.75, 3.05) is 12.0 Å². The summed E-state index contributed by atoms with van der Waals surface area (Å²) in [6.45, 7) is 2.80. The molecule has 5 heteroatoms. The highest BCUT2D eigenvalue weighted by molar-refractivity contribution is 7.98. The molecule has 0 aromatic heterocycles. The van der Waals surface area contributed by atoms with Crippen LogP contribution in [0.2, 0.25) is 15.1 Å². The molecule has 0 heterocycles. The van der Waals surface area contributed by atoms with Crippen LogP contribution in [0.1, 0.15) is 18.9 Å². The van der Waals surface area contributed by atoms with Crippen LogP contribution in [0.5, 0.6) is 0 Å². The summed E-state index contributed by atoms with van der Waals surface area (Å²) >= 11 is 20.0. The number of hydrogen-bond donors (Lipinski definition) is 1. The van der Waals surface area contributed by atoms with Crippen LogP contribution in [-0.2, 0) is 6.54 Å². The van der Waals surface area contributed by atoms with Gasteiger partial charge in [0.25, 0.3) is 0 Å². The Kier molecular flexibility index (Phi) is 7.05. The molecule has 1 aromatic carbocycles. The largest absolute Gasteiger partial charge is 0.310 e. The molecule has 0 bridgehead atoms. The lowest BCUT2D eigenvalue weighted by Crippen LogP contribution is -2.26. The molecule has 96 valence electrons. The monoisotopic (exact) mass is 311 g/mol. The molecule has 0 radical (unpaired) electrons. The minimum Gasteiger partial charge on any atom is -0.310 e. The Bertz CT molecular complexity index is 371. The maximum Gasteiger partial charge on any atom is 0.0652 e. The van der Waals surface area contributed by atoms with Gasteiger partial charge < -0.3 is 5.32 Å². The second kappa shape index (κ2) is 7.75. The van der Waals surface area contributed by atoms with Gasteiger partial charge in [0, 0.05) is 23.2 Å². The average molecular weight is 313 g/mol. The number of halogens is 3. The fourth-order valence-corrected chi connectivity index (χ4v) is 2.67. The van der Waals surface area contributed by atoms with E-state index in [0.717, 1.165) is 17.7 Å². The van der Waals surface area contributed by atoms with Crippen LogP contribution in [0.3, 0.4) is 0 Å². The summed E-state index contributed by atoms with van der Waals surface area (Å²) in [4.78, 5) is 0. The first-order valence-electron chi connectivity index (χ1n) is 5.41. The smallest absolute Gasteiger partial charge is 0.0652 e. The summed E-state index contributed by atoms with van der Waals surface area (Å²) in [7, 11) is 0. The minimum atomic E-state index is 0.438. The lowest BCUT2D eigenvalue weighted by molar-refractivity contribution is 0.537. The summed E-state index contributed by atoms with van der Waals surface area (Å²) in [6.07, 6.45) is 3.23. The second-order valence-corrected chi connectivity index (χ2v) is 6.06. The van der Waals surface area contributed by atoms with Crippen molar-refractivity contribution in [3.05, 3.63) is 32.8 Å². The summed E-state index contributed by atoms with van der Waals surface area (Å²) in [6, 6.07) is 3.93. The van der Waals surface area contributed by atoms with E-state index in [1.165, 1.54) is 0 Å². The average Bonchev–Trinajstić information content (AvgIpc) is 2.31. The summed E-state index contributed by atoms with van der Waals surface area (Å²) < 4.78 is 0. The minimum absolute atomic E-state index is 0.438. The lowest BCUT2D eigenvalue weighted by atomic mass is 10.2. The van der Waals surface area contributed by atoms with E-state index in [1.807, 2.05) is 11.8 Å². The topological polar surface area (TPSA) is 12.0 Å². The van der Waals surface area contributed by atoms with Crippen molar-refractivity contribution in [3.63, 3.8) is 0 Å². The van der Waals surface area contributed by atoms with Crippen LogP contribution in [0.25, 0.3) is 0 Å². The van der Waals surface area contributed by atoms with Crippen molar-refractivity contribution in [1.29, 1.82) is 0 Å². The SMILES string of the molecule is CSCCC(C)NCc1c(Cl)ccc(Cl)c1Cl. The summed E-state index contributed by atoms with van der Waals surface area (Å²) in [5.74, 6) is 1.14. The number of rotatable bonds is 6. The molecule has 1 aromatic rings. The van der Waals surface area contributed by atoms with Crippen molar-refractivity contribution in [3.8, 4) is 0 Å². The summed E-state index contributed by atoms with van der Waals surface area (Å²) in [5.41, 5.74) is 0.872. The van der Waals surface area contributed by atoms with Crippen molar-refractivity contribution in [2.45, 2.75) is 25.9 Å². The van der Waals surface area contributed by atoms with Gasteiger partial charge in [-0.25, -0.2) is 0 Å². The first-order chi connectivity index (χ1) is 8.06. The third-order valence-corrected chi connectivity index (χ3v) is 4.36. The van der Waals surface area contributed by atoms with Gasteiger partial charge in [-0.2, -0.15) is 11.8 Å². The predicted molar refractivity (Wildman–Crippen MR) is 80.8 cm³/mol. The Hall–Kier alpha value is 0.400. The molecule has 17 heavy (non-hydrogen) atoms. The quantitative estimate of drug-likeness (QED) is 0.751. The maximum atomic E-state index is 6.13. The third-order valence-electron chi connectivity index (χ3n) is 2.52. The Balaban J connectivity index is 2.60. The van der Waals surface area contributed by atoms with Gasteiger partial charge in [-0.15, -0.1) is 0 Å². The fraction of sp³-hybridized carbons (Fsp3) is 0.500. The first kappa shape index (κ1) is 15.5. The summed E-state index contributed by atoms with van der Waals surface area (Å²) in [5, 5.41) is 5.15. The number of nitrogens with one attached hydrogen (secondary N) is 1. The van der Waals surface area contributed by atoms with Crippen LogP contribution in [0, 0.1) is 0 Å². The molecule has 0 aliphatic heterocycles. The van der Waals surface area contributed by atoms with E-state index in [2.05, 4.69) is 18.5 Å². The van der Waals surface area contributed by atoms with E-state index in [-0.39, 0.29) is 0 Å². The molecule has 1 atom stereocenters. The Morgan fingerprint density at radius 2 is 1.88 bits per heavy atom. The van der Waals surface area contributed by atoms with E-state index in [9.17, 15) is 0 Å². The maximum absolute atomic E-state index is 6.13. The fourth-order valence-electron chi connectivity index (χ4n) is 1.40. The third kappa shape index (κ3) is 4.88. The molecule has 0 fully saturated rings. The van der Waals surface area contributed by atoms with Gasteiger partial charge in [0.2, 0.25) is 0 Å². The van der Waals surface area contributed by atoms with Crippen molar-refractivity contribution in [2.24, 2.45) is 0 Å². The molecule has 1 nitrogen and oxygen atoms in total. The van der Waals surface area contributed by atoms with Crippen LogP contribution in [-0.4, -0.2) is 18.1 Å². The van der Waals surface area contributed by atoms with E-state index in [1.54, 1.807) is 12.1 Å². The van der Waals surface area contributed by atoms with E-state index in [0.29, 0.717) is 27.7 Å². The number of thioether (sulfide) groups is 1. The van der Waals surface area contributed by atoms with Crippen molar-refractivity contribution in [1.82, 2.24) is 5.32 Å². The highest BCUT2D eigenvalue weighted by Crippen LogP contribution is 2.31. The molecule has 0 aliphatic rings. The number of hydrogen-bond acceptors (Lipinski definition) is 2. The molecule has 1 rings (SSSR count). The van der Waals surface area contributed by atoms with Crippen molar-refractivity contribution < 1.29 is 0 Å². The Morgan fingerprint density at radius 3 is 2.53 bits per heavy atom. The molecule has 0 saturated carbocycles. The molecule has 0 aliphatic carbocycles. The highest BCUT2D eigenvalue weighted by atomic mass is 35.5. The standard InChI is InChI=1S/C12H16Cl3NS/c1-8(5-6-17-2)16-7-9-10(13)3-4-11(14)12(9)15/h3-4,8,16H,5-7H2,1-2H3. The molecule has 0 spiro atoms. The molecule has 0 saturated heterocycles. The van der Waals surface area contributed by atoms with Crippen LogP contribution >= 0.6 is 46.6 Å². The Labute approximate surface area is 122 Å². The van der Waals surface area contributed by atoms with Crippen LogP contribution in [0.4, 0.5) is 0 Å². The van der Waals surface area contributed by atoms with E-state index in [4.69, 9.17) is 34.8 Å². The zero-order valence-electron chi connectivity index (χ0n) is 9.90. The van der Waals surface area contributed by atoms with Crippen LogP contribution in [0.15, 0.2) is 12.1 Å².